The van der Waals surface area contributed by atoms with Crippen molar-refractivity contribution in [1.29, 1.82) is 0 Å². The summed E-state index contributed by atoms with van der Waals surface area (Å²) in [5.74, 6) is 0.862. The fraction of sp³-hybridized carbons (Fsp3) is 0.375. The number of hydrogen-bond donors (Lipinski definition) is 0. The zero-order valence-electron chi connectivity index (χ0n) is 17.4. The molecule has 1 aromatic rings. The van der Waals surface area contributed by atoms with Crippen LogP contribution in [0.1, 0.15) is 53.5 Å². The Kier molecular flexibility index (Phi) is 12.1. The van der Waals surface area contributed by atoms with E-state index in [9.17, 15) is 0 Å². The zero-order chi connectivity index (χ0) is 20.2. The van der Waals surface area contributed by atoms with Gasteiger partial charge in [0.2, 0.25) is 0 Å². The molecule has 0 amide bonds. The van der Waals surface area contributed by atoms with Gasteiger partial charge in [0.15, 0.2) is 0 Å². The van der Waals surface area contributed by atoms with Crippen molar-refractivity contribution in [2.45, 2.75) is 54.9 Å². The predicted octanol–water partition coefficient (Wildman–Crippen LogP) is 6.93. The standard InChI is InChI=1S/C12H14O.C9H13.C3H6.Ti/c1-4-10(2)9-13-12-7-5-6-11(3)8-12;1-9(2,3)8-6-4-5-7-8;1-3-2;/h4-9H,1H2,2-3H3;6-7H,4H2,1-3H3;1-2H3;/q;-1;;+1. The Bertz CT molecular complexity index is 666. The molecule has 1 aliphatic carbocycles. The Hall–Kier alpha value is -1.44. The Balaban J connectivity index is 0.000000416. The number of allylic oxidation sites excluding steroid dienone is 6. The monoisotopic (exact) mass is 385 g/mol. The molecule has 0 saturated heterocycles. The van der Waals surface area contributed by atoms with Crippen molar-refractivity contribution in [3.05, 3.63) is 78.1 Å². The fourth-order valence-electron chi connectivity index (χ4n) is 1.82. The fourth-order valence-corrected chi connectivity index (χ4v) is 1.82. The molecule has 0 aromatic heterocycles. The molecule has 139 valence electrons. The number of hydrogen-bond acceptors (Lipinski definition) is 1. The summed E-state index contributed by atoms with van der Waals surface area (Å²) in [4.78, 5) is 0. The van der Waals surface area contributed by atoms with Crippen molar-refractivity contribution >= 4 is 3.81 Å². The average Bonchev–Trinajstić information content (AvgIpc) is 3.07. The van der Waals surface area contributed by atoms with E-state index in [0.29, 0.717) is 5.41 Å². The van der Waals surface area contributed by atoms with Crippen LogP contribution in [-0.4, -0.2) is 3.81 Å². The average molecular weight is 385 g/mol. The van der Waals surface area contributed by atoms with Crippen LogP contribution < -0.4 is 4.74 Å². The molecule has 2 rings (SSSR count). The van der Waals surface area contributed by atoms with Gasteiger partial charge >= 0.3 is 37.6 Å². The molecule has 0 saturated carbocycles. The molecule has 0 unspecified atom stereocenters. The minimum absolute atomic E-state index is 0.323. The van der Waals surface area contributed by atoms with E-state index in [-0.39, 0.29) is 0 Å². The van der Waals surface area contributed by atoms with E-state index in [0.717, 1.165) is 17.7 Å². The van der Waals surface area contributed by atoms with Crippen LogP contribution in [0.3, 0.4) is 0 Å². The molecule has 0 heterocycles. The van der Waals surface area contributed by atoms with Crippen LogP contribution in [0.15, 0.2) is 66.5 Å². The van der Waals surface area contributed by atoms with Crippen molar-refractivity contribution < 1.29 is 24.7 Å². The first-order valence-corrected chi connectivity index (χ1v) is 9.66. The van der Waals surface area contributed by atoms with E-state index in [1.54, 1.807) is 12.3 Å². The number of benzene rings is 1. The summed E-state index contributed by atoms with van der Waals surface area (Å²) in [6.07, 6.45) is 12.0. The van der Waals surface area contributed by atoms with E-state index >= 15 is 0 Å². The molecule has 0 radical (unpaired) electrons. The van der Waals surface area contributed by atoms with Gasteiger partial charge in [0.1, 0.15) is 5.75 Å². The molecule has 0 spiro atoms. The summed E-state index contributed by atoms with van der Waals surface area (Å²) >= 11 is 2.08. The molecule has 1 nitrogen and oxygen atoms in total. The molecule has 0 atom stereocenters. The van der Waals surface area contributed by atoms with Gasteiger partial charge in [-0.15, -0.1) is 6.42 Å². The van der Waals surface area contributed by atoms with Crippen molar-refractivity contribution in [3.63, 3.8) is 0 Å². The summed E-state index contributed by atoms with van der Waals surface area (Å²) in [5, 5.41) is 0. The first-order chi connectivity index (χ1) is 12.1. The quantitative estimate of drug-likeness (QED) is 0.237. The SMILES string of the molecule is C=CC(C)=COc1cccc(C)c1.CC(C)(C)C1=CC[C-]=C1.C[C](C)=[Ti+]. The van der Waals surface area contributed by atoms with Crippen LogP contribution in [0.25, 0.3) is 0 Å². The van der Waals surface area contributed by atoms with E-state index in [2.05, 4.69) is 79.4 Å². The molecule has 0 aliphatic heterocycles. The van der Waals surface area contributed by atoms with Gasteiger partial charge in [-0.25, -0.2) is 6.08 Å². The Labute approximate surface area is 172 Å². The second-order valence-electron chi connectivity index (χ2n) is 7.46. The van der Waals surface area contributed by atoms with Gasteiger partial charge in [-0.2, -0.15) is 11.6 Å². The van der Waals surface area contributed by atoms with E-state index in [1.807, 2.05) is 38.1 Å². The molecular weight excluding hydrogens is 352 g/mol. The summed E-state index contributed by atoms with van der Waals surface area (Å²) < 4.78 is 6.82. The second-order valence-corrected chi connectivity index (χ2v) is 9.02. The van der Waals surface area contributed by atoms with Gasteiger partial charge < -0.3 is 4.74 Å². The van der Waals surface area contributed by atoms with Gasteiger partial charge in [-0.05, 0) is 37.1 Å². The third-order valence-corrected chi connectivity index (χ3v) is 3.26. The van der Waals surface area contributed by atoms with E-state index in [1.165, 1.54) is 14.9 Å². The predicted molar refractivity (Wildman–Crippen MR) is 112 cm³/mol. The summed E-state index contributed by atoms with van der Waals surface area (Å²) in [5.41, 5.74) is 3.95. The summed E-state index contributed by atoms with van der Waals surface area (Å²) in [7, 11) is 0. The molecule has 0 fully saturated rings. The third kappa shape index (κ3) is 12.9. The molecule has 26 heavy (non-hydrogen) atoms. The van der Waals surface area contributed by atoms with Gasteiger partial charge in [-0.1, -0.05) is 51.0 Å². The van der Waals surface area contributed by atoms with Gasteiger partial charge in [0.05, 0.1) is 6.26 Å². The zero-order valence-corrected chi connectivity index (χ0v) is 19.0. The van der Waals surface area contributed by atoms with E-state index < -0.39 is 0 Å². The van der Waals surface area contributed by atoms with Gasteiger partial charge in [-0.3, -0.25) is 6.08 Å². The van der Waals surface area contributed by atoms with Crippen molar-refractivity contribution in [2.24, 2.45) is 5.41 Å². The van der Waals surface area contributed by atoms with Crippen molar-refractivity contribution in [3.8, 4) is 5.75 Å². The number of rotatable bonds is 3. The van der Waals surface area contributed by atoms with Crippen molar-refractivity contribution in [1.82, 2.24) is 0 Å². The van der Waals surface area contributed by atoms with Crippen LogP contribution in [0, 0.1) is 18.4 Å². The Morgan fingerprint density at radius 3 is 2.23 bits per heavy atom. The topological polar surface area (TPSA) is 9.23 Å². The van der Waals surface area contributed by atoms with Gasteiger partial charge in [0.25, 0.3) is 0 Å². The van der Waals surface area contributed by atoms with Crippen LogP contribution >= 0.6 is 0 Å². The minimum atomic E-state index is 0.323. The first kappa shape index (κ1) is 24.6. The number of ether oxygens (including phenoxy) is 1. The molecular formula is C24H33OTi. The third-order valence-electron chi connectivity index (χ3n) is 3.26. The van der Waals surface area contributed by atoms with Crippen LogP contribution in [0.5, 0.6) is 5.75 Å². The van der Waals surface area contributed by atoms with Crippen LogP contribution in [-0.2, 0) is 20.0 Å². The Morgan fingerprint density at radius 1 is 1.23 bits per heavy atom. The maximum atomic E-state index is 5.41. The van der Waals surface area contributed by atoms with Crippen LogP contribution in [0.2, 0.25) is 0 Å². The first-order valence-electron chi connectivity index (χ1n) is 8.87. The van der Waals surface area contributed by atoms with E-state index in [4.69, 9.17) is 4.74 Å². The van der Waals surface area contributed by atoms with Crippen molar-refractivity contribution in [2.75, 3.05) is 0 Å². The summed E-state index contributed by atoms with van der Waals surface area (Å²) in [6.45, 7) is 18.5. The maximum absolute atomic E-state index is 5.41. The summed E-state index contributed by atoms with van der Waals surface area (Å²) in [6, 6.07) is 7.94. The molecule has 0 N–H and O–H groups in total. The Morgan fingerprint density at radius 2 is 1.85 bits per heavy atom. The molecule has 0 bridgehead atoms. The normalized spacial score (nSPS) is 13.0. The van der Waals surface area contributed by atoms with Crippen LogP contribution in [0.4, 0.5) is 0 Å². The second kappa shape index (κ2) is 12.8. The molecule has 1 aliphatic rings. The molecule has 2 heteroatoms. The van der Waals surface area contributed by atoms with Gasteiger partial charge in [0, 0.05) is 0 Å². The molecule has 1 aromatic carbocycles. The number of aryl methyl sites for hydroxylation is 1.